The van der Waals surface area contributed by atoms with E-state index in [0.29, 0.717) is 35.5 Å². The van der Waals surface area contributed by atoms with Gasteiger partial charge in [0.25, 0.3) is 10.0 Å². The molecule has 1 aliphatic rings. The first-order valence-electron chi connectivity index (χ1n) is 9.34. The van der Waals surface area contributed by atoms with Gasteiger partial charge in [-0.2, -0.15) is 4.39 Å². The number of rotatable bonds is 3. The van der Waals surface area contributed by atoms with Crippen LogP contribution in [0, 0.1) is 19.8 Å². The van der Waals surface area contributed by atoms with Gasteiger partial charge < -0.3 is 4.90 Å². The van der Waals surface area contributed by atoms with Crippen molar-refractivity contribution < 1.29 is 12.8 Å². The van der Waals surface area contributed by atoms with Crippen molar-refractivity contribution in [2.24, 2.45) is 7.05 Å². The average molecular weight is 415 g/mol. The van der Waals surface area contributed by atoms with Crippen LogP contribution in [-0.2, 0) is 17.1 Å². The number of benzene rings is 2. The van der Waals surface area contributed by atoms with Crippen molar-refractivity contribution in [3.63, 3.8) is 0 Å². The van der Waals surface area contributed by atoms with Crippen molar-refractivity contribution in [3.8, 4) is 11.1 Å². The summed E-state index contributed by atoms with van der Waals surface area (Å²) in [5.74, 6) is -0.578. The zero-order valence-electron chi connectivity index (χ0n) is 16.8. The molecule has 0 aliphatic carbocycles. The Hall–Kier alpha value is -2.87. The second kappa shape index (κ2) is 6.88. The normalized spacial score (nSPS) is 14.2. The number of aryl methyl sites for hydroxylation is 3. The Morgan fingerprint density at radius 2 is 1.79 bits per heavy atom. The van der Waals surface area contributed by atoms with Crippen molar-refractivity contribution in [2.75, 3.05) is 29.3 Å². The Balaban J connectivity index is 1.80. The maximum atomic E-state index is 14.0. The molecule has 0 bridgehead atoms. The largest absolute Gasteiger partial charge is 0.371 e. The van der Waals surface area contributed by atoms with Gasteiger partial charge >= 0.3 is 0 Å². The van der Waals surface area contributed by atoms with E-state index in [4.69, 9.17) is 0 Å². The highest BCUT2D eigenvalue weighted by molar-refractivity contribution is 7.93. The van der Waals surface area contributed by atoms with Crippen molar-refractivity contribution in [3.05, 3.63) is 59.7 Å². The Morgan fingerprint density at radius 1 is 1.03 bits per heavy atom. The molecule has 0 radical (unpaired) electrons. The van der Waals surface area contributed by atoms with E-state index in [1.807, 2.05) is 32.2 Å². The van der Waals surface area contributed by atoms with E-state index in [9.17, 15) is 12.8 Å². The van der Waals surface area contributed by atoms with Crippen molar-refractivity contribution in [1.82, 2.24) is 9.78 Å². The molecule has 0 saturated carbocycles. The van der Waals surface area contributed by atoms with Crippen molar-refractivity contribution in [1.29, 1.82) is 0 Å². The molecule has 3 aromatic rings. The minimum Gasteiger partial charge on any atom is -0.371 e. The van der Waals surface area contributed by atoms with E-state index in [0.717, 1.165) is 11.3 Å². The van der Waals surface area contributed by atoms with E-state index in [1.165, 1.54) is 8.99 Å². The molecule has 0 fully saturated rings. The summed E-state index contributed by atoms with van der Waals surface area (Å²) in [6.07, 6.45) is 1.58. The number of halogens is 1. The number of hydrogen-bond donors (Lipinski definition) is 0. The van der Waals surface area contributed by atoms with Gasteiger partial charge in [0.05, 0.1) is 28.4 Å². The van der Waals surface area contributed by atoms with Gasteiger partial charge in [-0.25, -0.2) is 8.42 Å². The molecule has 29 heavy (non-hydrogen) atoms. The Kier molecular flexibility index (Phi) is 4.61. The molecular weight excluding hydrogens is 391 g/mol. The highest BCUT2D eigenvalue weighted by Gasteiger charge is 2.33. The standard InChI is InChI=1S/C21H23FN4O2S/c1-14-6-5-7-18-20(14)26(11-10-24(18)3)29(27,28)19-9-8-16(12-15(19)2)17-13-25(4)23-21(17)22/h5-9,12-13H,10-11H2,1-4H3. The topological polar surface area (TPSA) is 58.4 Å². The van der Waals surface area contributed by atoms with Gasteiger partial charge in [0, 0.05) is 26.8 Å². The average Bonchev–Trinajstić information content (AvgIpc) is 3.00. The van der Waals surface area contributed by atoms with Gasteiger partial charge in [-0.1, -0.05) is 18.2 Å². The maximum absolute atomic E-state index is 14.0. The zero-order valence-corrected chi connectivity index (χ0v) is 17.7. The molecule has 4 rings (SSSR count). The second-order valence-electron chi connectivity index (χ2n) is 7.43. The van der Waals surface area contributed by atoms with Gasteiger partial charge in [-0.05, 0) is 48.7 Å². The highest BCUT2D eigenvalue weighted by atomic mass is 32.2. The summed E-state index contributed by atoms with van der Waals surface area (Å²) in [6.45, 7) is 4.63. The number of nitrogens with zero attached hydrogens (tertiary/aromatic N) is 4. The molecule has 6 nitrogen and oxygen atoms in total. The molecule has 8 heteroatoms. The predicted molar refractivity (Wildman–Crippen MR) is 112 cm³/mol. The summed E-state index contributed by atoms with van der Waals surface area (Å²) >= 11 is 0. The number of likely N-dealkylation sites (N-methyl/N-ethyl adjacent to an activating group) is 1. The third-order valence-electron chi connectivity index (χ3n) is 5.35. The Labute approximate surface area is 170 Å². The van der Waals surface area contributed by atoms with Crippen molar-refractivity contribution >= 4 is 21.4 Å². The van der Waals surface area contributed by atoms with E-state index >= 15 is 0 Å². The highest BCUT2D eigenvalue weighted by Crippen LogP contribution is 2.39. The summed E-state index contributed by atoms with van der Waals surface area (Å²) in [7, 11) is -0.157. The SMILES string of the molecule is Cc1cc(-c2cn(C)nc2F)ccc1S(=O)(=O)N1CCN(C)c2cccc(C)c21. The Bertz CT molecular complexity index is 1200. The molecule has 0 unspecified atom stereocenters. The Morgan fingerprint density at radius 3 is 2.45 bits per heavy atom. The monoisotopic (exact) mass is 414 g/mol. The maximum Gasteiger partial charge on any atom is 0.264 e. The molecular formula is C21H23FN4O2S. The van der Waals surface area contributed by atoms with Crippen molar-refractivity contribution in [2.45, 2.75) is 18.7 Å². The third kappa shape index (κ3) is 3.17. The summed E-state index contributed by atoms with van der Waals surface area (Å²) in [5.41, 5.74) is 4.03. The quantitative estimate of drug-likeness (QED) is 0.658. The second-order valence-corrected chi connectivity index (χ2v) is 9.26. The third-order valence-corrected chi connectivity index (χ3v) is 7.31. The van der Waals surface area contributed by atoms with Gasteiger partial charge in [0.1, 0.15) is 0 Å². The van der Waals surface area contributed by atoms with E-state index in [2.05, 4.69) is 10.00 Å². The van der Waals surface area contributed by atoms with Crippen LogP contribution in [0.15, 0.2) is 47.5 Å². The molecule has 1 aromatic heterocycles. The molecule has 0 amide bonds. The van der Waals surface area contributed by atoms with Crippen LogP contribution < -0.4 is 9.21 Å². The van der Waals surface area contributed by atoms with Crippen LogP contribution in [0.4, 0.5) is 15.8 Å². The number of sulfonamides is 1. The lowest BCUT2D eigenvalue weighted by Crippen LogP contribution is -2.43. The van der Waals surface area contributed by atoms with Crippen LogP contribution in [0.2, 0.25) is 0 Å². The van der Waals surface area contributed by atoms with Crippen LogP contribution in [-0.4, -0.2) is 38.3 Å². The first-order valence-corrected chi connectivity index (χ1v) is 10.8. The van der Waals surface area contributed by atoms with Crippen LogP contribution in [0.3, 0.4) is 0 Å². The fourth-order valence-electron chi connectivity index (χ4n) is 3.87. The summed E-state index contributed by atoms with van der Waals surface area (Å²) < 4.78 is 44.1. The van der Waals surface area contributed by atoms with Crippen LogP contribution >= 0.6 is 0 Å². The molecule has 0 N–H and O–H groups in total. The van der Waals surface area contributed by atoms with Gasteiger partial charge in [-0.3, -0.25) is 8.99 Å². The summed E-state index contributed by atoms with van der Waals surface area (Å²) in [6, 6.07) is 10.7. The number of aromatic nitrogens is 2. The lowest BCUT2D eigenvalue weighted by atomic mass is 10.1. The number of para-hydroxylation sites is 1. The smallest absolute Gasteiger partial charge is 0.264 e. The lowest BCUT2D eigenvalue weighted by Gasteiger charge is -2.37. The summed E-state index contributed by atoms with van der Waals surface area (Å²) in [4.78, 5) is 2.29. The predicted octanol–water partition coefficient (Wildman–Crippen LogP) is 3.49. The van der Waals surface area contributed by atoms with E-state index < -0.39 is 16.0 Å². The molecule has 1 aliphatic heterocycles. The number of anilines is 2. The number of fused-ring (bicyclic) bond motifs is 1. The molecule has 152 valence electrons. The summed E-state index contributed by atoms with van der Waals surface area (Å²) in [5, 5.41) is 3.72. The fourth-order valence-corrected chi connectivity index (χ4v) is 5.61. The van der Waals surface area contributed by atoms with Crippen LogP contribution in [0.1, 0.15) is 11.1 Å². The minimum absolute atomic E-state index is 0.226. The molecule has 0 saturated heterocycles. The first kappa shape index (κ1) is 19.4. The van der Waals surface area contributed by atoms with E-state index in [1.54, 1.807) is 38.4 Å². The molecule has 0 atom stereocenters. The molecule has 2 heterocycles. The van der Waals surface area contributed by atoms with Crippen LogP contribution in [0.25, 0.3) is 11.1 Å². The molecule has 0 spiro atoms. The first-order chi connectivity index (χ1) is 13.7. The minimum atomic E-state index is -3.76. The fraction of sp³-hybridized carbons (Fsp3) is 0.286. The van der Waals surface area contributed by atoms with E-state index in [-0.39, 0.29) is 4.90 Å². The zero-order chi connectivity index (χ0) is 20.9. The van der Waals surface area contributed by atoms with Crippen LogP contribution in [0.5, 0.6) is 0 Å². The van der Waals surface area contributed by atoms with Gasteiger partial charge in [0.15, 0.2) is 0 Å². The lowest BCUT2D eigenvalue weighted by molar-refractivity contribution is 0.555. The van der Waals surface area contributed by atoms with Gasteiger partial charge in [0.2, 0.25) is 5.95 Å². The van der Waals surface area contributed by atoms with Gasteiger partial charge in [-0.15, -0.1) is 5.10 Å². The number of hydrogen-bond acceptors (Lipinski definition) is 4. The molecule has 2 aromatic carbocycles.